The van der Waals surface area contributed by atoms with E-state index in [2.05, 4.69) is 20.4 Å². The average molecular weight is 414 g/mol. The summed E-state index contributed by atoms with van der Waals surface area (Å²) in [5, 5.41) is 16.6. The van der Waals surface area contributed by atoms with Crippen molar-refractivity contribution in [2.24, 2.45) is 0 Å². The van der Waals surface area contributed by atoms with Gasteiger partial charge in [-0.25, -0.2) is 18.9 Å². The first kappa shape index (κ1) is 18.6. The van der Waals surface area contributed by atoms with Crippen LogP contribution in [0.2, 0.25) is 0 Å². The molecule has 5 heterocycles. The molecular formula is C19H19FN6O4. The van der Waals surface area contributed by atoms with E-state index in [0.717, 1.165) is 6.20 Å². The Morgan fingerprint density at radius 1 is 1.40 bits per heavy atom. The van der Waals surface area contributed by atoms with Gasteiger partial charge in [0.1, 0.15) is 24.1 Å². The Morgan fingerprint density at radius 3 is 3.10 bits per heavy atom. The highest BCUT2D eigenvalue weighted by Gasteiger charge is 2.30. The highest BCUT2D eigenvalue weighted by atomic mass is 19.1. The van der Waals surface area contributed by atoms with Crippen LogP contribution in [0.15, 0.2) is 24.7 Å². The molecule has 2 aliphatic heterocycles. The van der Waals surface area contributed by atoms with Crippen molar-refractivity contribution in [2.75, 3.05) is 24.7 Å². The highest BCUT2D eigenvalue weighted by molar-refractivity contribution is 5.99. The minimum Gasteiger partial charge on any atom is -0.486 e. The van der Waals surface area contributed by atoms with Crippen molar-refractivity contribution in [1.29, 1.82) is 0 Å². The van der Waals surface area contributed by atoms with Crippen LogP contribution in [0.4, 0.5) is 10.2 Å². The molecule has 0 aromatic carbocycles. The predicted molar refractivity (Wildman–Crippen MR) is 102 cm³/mol. The number of fused-ring (bicyclic) bond motifs is 1. The number of anilines is 1. The number of aromatic nitrogens is 4. The quantitative estimate of drug-likeness (QED) is 0.593. The molecule has 5 rings (SSSR count). The molecular weight excluding hydrogens is 395 g/mol. The number of hydrogen-bond acceptors (Lipinski definition) is 8. The predicted octanol–water partition coefficient (Wildman–Crippen LogP) is 0.534. The van der Waals surface area contributed by atoms with Gasteiger partial charge < -0.3 is 24.8 Å². The Morgan fingerprint density at radius 2 is 2.27 bits per heavy atom. The van der Waals surface area contributed by atoms with E-state index in [1.54, 1.807) is 6.20 Å². The number of carbonyl (C=O) groups is 1. The van der Waals surface area contributed by atoms with Crippen LogP contribution in [-0.4, -0.2) is 62.5 Å². The number of hydrogen-bond donors (Lipinski definition) is 2. The summed E-state index contributed by atoms with van der Waals surface area (Å²) in [6.45, 7) is 2.28. The molecule has 0 spiro atoms. The summed E-state index contributed by atoms with van der Waals surface area (Å²) in [7, 11) is 0. The summed E-state index contributed by atoms with van der Waals surface area (Å²) >= 11 is 0. The van der Waals surface area contributed by atoms with Crippen LogP contribution >= 0.6 is 0 Å². The highest BCUT2D eigenvalue weighted by Crippen LogP contribution is 2.35. The molecule has 10 nitrogen and oxygen atoms in total. The molecule has 0 unspecified atom stereocenters. The van der Waals surface area contributed by atoms with E-state index in [1.807, 2.05) is 11.8 Å². The number of carbonyl (C=O) groups excluding carboxylic acids is 1. The second-order valence-electron chi connectivity index (χ2n) is 7.29. The van der Waals surface area contributed by atoms with Crippen LogP contribution in [0.25, 0.3) is 5.65 Å². The van der Waals surface area contributed by atoms with Crippen LogP contribution in [0.3, 0.4) is 0 Å². The monoisotopic (exact) mass is 414 g/mol. The molecule has 11 heteroatoms. The fourth-order valence-corrected chi connectivity index (χ4v) is 3.57. The van der Waals surface area contributed by atoms with Gasteiger partial charge in [0.15, 0.2) is 17.2 Å². The third kappa shape index (κ3) is 3.07. The number of ether oxygens (including phenoxy) is 2. The van der Waals surface area contributed by atoms with Crippen LogP contribution in [0.5, 0.6) is 11.6 Å². The van der Waals surface area contributed by atoms with Gasteiger partial charge in [0.2, 0.25) is 5.88 Å². The molecule has 0 aliphatic carbocycles. The number of halogens is 1. The lowest BCUT2D eigenvalue weighted by molar-refractivity contribution is 0.0859. The van der Waals surface area contributed by atoms with Crippen molar-refractivity contribution in [3.63, 3.8) is 0 Å². The third-order valence-electron chi connectivity index (χ3n) is 5.17. The number of nitrogens with zero attached hydrogens (tertiary/aromatic N) is 5. The molecule has 3 aromatic heterocycles. The fraction of sp³-hybridized carbons (Fsp3) is 0.368. The van der Waals surface area contributed by atoms with Gasteiger partial charge in [0.05, 0.1) is 44.3 Å². The first-order chi connectivity index (χ1) is 14.5. The van der Waals surface area contributed by atoms with Crippen molar-refractivity contribution in [3.05, 3.63) is 41.6 Å². The van der Waals surface area contributed by atoms with E-state index < -0.39 is 17.8 Å². The van der Waals surface area contributed by atoms with Crippen molar-refractivity contribution < 1.29 is 23.8 Å². The fourth-order valence-electron chi connectivity index (χ4n) is 3.57. The van der Waals surface area contributed by atoms with Crippen LogP contribution in [0, 0.1) is 5.82 Å². The van der Waals surface area contributed by atoms with Crippen LogP contribution < -0.4 is 19.7 Å². The van der Waals surface area contributed by atoms with Gasteiger partial charge in [-0.1, -0.05) is 0 Å². The van der Waals surface area contributed by atoms with Gasteiger partial charge in [-0.3, -0.25) is 4.79 Å². The lowest BCUT2D eigenvalue weighted by Gasteiger charge is -2.35. The Labute approximate surface area is 170 Å². The van der Waals surface area contributed by atoms with Crippen molar-refractivity contribution in [1.82, 2.24) is 24.9 Å². The third-order valence-corrected chi connectivity index (χ3v) is 5.17. The molecule has 3 aromatic rings. The summed E-state index contributed by atoms with van der Waals surface area (Å²) in [4.78, 5) is 23.4. The molecule has 0 fully saturated rings. The number of pyridine rings is 1. The second-order valence-corrected chi connectivity index (χ2v) is 7.29. The molecule has 2 N–H and O–H groups in total. The minimum absolute atomic E-state index is 0.0271. The maximum atomic E-state index is 14.0. The Hall–Kier alpha value is -3.47. The molecule has 30 heavy (non-hydrogen) atoms. The van der Waals surface area contributed by atoms with Gasteiger partial charge in [-0.05, 0) is 13.0 Å². The maximum Gasteiger partial charge on any atom is 0.256 e. The lowest BCUT2D eigenvalue weighted by Crippen LogP contribution is -2.41. The average Bonchev–Trinajstić information content (AvgIpc) is 3.15. The SMILES string of the molecule is C[C@@H]1COc2cn3ncc4c3nc2N1Cc1cc(F)cnc1O[C@H](CO)CNC4=O. The molecule has 2 aliphatic rings. The van der Waals surface area contributed by atoms with Gasteiger partial charge in [-0.2, -0.15) is 5.10 Å². The molecule has 2 atom stereocenters. The van der Waals surface area contributed by atoms with Crippen molar-refractivity contribution in [3.8, 4) is 11.6 Å². The Kier molecular flexibility index (Phi) is 4.39. The summed E-state index contributed by atoms with van der Waals surface area (Å²) < 4.78 is 27.1. The standard InChI is InChI=1S/C19H19FN6O4/c1-10-9-29-15-7-26-16-14(5-23-26)18(28)21-4-13(8-27)30-19-11(2-12(20)3-22-19)6-25(10)17(15)24-16/h2-3,5,7,10,13,27H,4,6,8-9H2,1H3,(H,21,28)/t10-,13+/m1/s1. The first-order valence-corrected chi connectivity index (χ1v) is 9.51. The smallest absolute Gasteiger partial charge is 0.256 e. The summed E-state index contributed by atoms with van der Waals surface area (Å²) in [5.41, 5.74) is 1.15. The number of aliphatic hydroxyl groups excluding tert-OH is 1. The van der Waals surface area contributed by atoms with E-state index >= 15 is 0 Å². The van der Waals surface area contributed by atoms with Crippen molar-refractivity contribution in [2.45, 2.75) is 25.6 Å². The Balaban J connectivity index is 1.69. The van der Waals surface area contributed by atoms with E-state index in [-0.39, 0.29) is 37.2 Å². The largest absolute Gasteiger partial charge is 0.486 e. The second kappa shape index (κ2) is 7.10. The summed E-state index contributed by atoms with van der Waals surface area (Å²) in [6, 6.07) is 1.27. The topological polar surface area (TPSA) is 114 Å². The van der Waals surface area contributed by atoms with Crippen LogP contribution in [-0.2, 0) is 6.54 Å². The van der Waals surface area contributed by atoms with Gasteiger partial charge >= 0.3 is 0 Å². The number of aliphatic hydroxyl groups is 1. The number of rotatable bonds is 1. The van der Waals surface area contributed by atoms with Gasteiger partial charge in [-0.15, -0.1) is 0 Å². The number of amides is 1. The van der Waals surface area contributed by atoms with E-state index in [1.165, 1.54) is 16.8 Å². The normalized spacial score (nSPS) is 21.0. The van der Waals surface area contributed by atoms with Gasteiger partial charge in [0.25, 0.3) is 5.91 Å². The molecule has 1 amide bonds. The molecule has 2 bridgehead atoms. The van der Waals surface area contributed by atoms with Crippen molar-refractivity contribution >= 4 is 17.4 Å². The molecule has 0 saturated carbocycles. The Bertz CT molecular complexity index is 1140. The zero-order valence-electron chi connectivity index (χ0n) is 16.1. The molecule has 0 radical (unpaired) electrons. The van der Waals surface area contributed by atoms with Crippen LogP contribution in [0.1, 0.15) is 22.8 Å². The summed E-state index contributed by atoms with van der Waals surface area (Å²) in [6.07, 6.45) is 3.40. The zero-order valence-corrected chi connectivity index (χ0v) is 16.1. The lowest BCUT2D eigenvalue weighted by atomic mass is 10.2. The zero-order chi connectivity index (χ0) is 20.8. The van der Waals surface area contributed by atoms with E-state index in [9.17, 15) is 14.3 Å². The van der Waals surface area contributed by atoms with E-state index in [4.69, 9.17) is 9.47 Å². The molecule has 0 saturated heterocycles. The van der Waals surface area contributed by atoms with Gasteiger partial charge in [0, 0.05) is 5.56 Å². The minimum atomic E-state index is -0.758. The first-order valence-electron chi connectivity index (χ1n) is 9.51. The molecule has 156 valence electrons. The number of nitrogens with one attached hydrogen (secondary N) is 1. The summed E-state index contributed by atoms with van der Waals surface area (Å²) in [5.74, 6) is 0.309. The maximum absolute atomic E-state index is 14.0. The van der Waals surface area contributed by atoms with E-state index in [0.29, 0.717) is 29.4 Å².